The normalized spacial score (nSPS) is 17.6. The first-order valence-electron chi connectivity index (χ1n) is 12.0. The summed E-state index contributed by atoms with van der Waals surface area (Å²) in [5.41, 5.74) is 5.27. The van der Waals surface area contributed by atoms with E-state index in [1.165, 1.54) is 36.2 Å². The first-order valence-corrected chi connectivity index (χ1v) is 13.5. The highest BCUT2D eigenvalue weighted by atomic mass is 35.5. The number of carbonyl (C=O) groups excluding carboxylic acids is 3. The van der Waals surface area contributed by atoms with Gasteiger partial charge in [0.25, 0.3) is 17.4 Å². The number of piperidine rings is 1. The zero-order valence-corrected chi connectivity index (χ0v) is 23.0. The number of nitrogens with zero attached hydrogens (tertiary/aromatic N) is 4. The molecule has 0 bridgehead atoms. The second kappa shape index (κ2) is 12.0. The van der Waals surface area contributed by atoms with Gasteiger partial charge >= 0.3 is 0 Å². The first-order chi connectivity index (χ1) is 18.4. The van der Waals surface area contributed by atoms with Crippen molar-refractivity contribution in [1.29, 1.82) is 5.41 Å². The van der Waals surface area contributed by atoms with Gasteiger partial charge in [0.2, 0.25) is 15.9 Å². The average molecular weight is 594 g/mol. The van der Waals surface area contributed by atoms with Gasteiger partial charge in [-0.2, -0.15) is 4.72 Å². The van der Waals surface area contributed by atoms with Gasteiger partial charge in [-0.05, 0) is 31.0 Å². The van der Waals surface area contributed by atoms with E-state index in [0.717, 1.165) is 17.0 Å². The van der Waals surface area contributed by atoms with Crippen LogP contribution in [-0.4, -0.2) is 85.5 Å². The highest BCUT2D eigenvalue weighted by molar-refractivity contribution is 7.89. The number of carbonyl (C=O) groups is 3. The number of para-hydroxylation sites is 2. The fourth-order valence-corrected chi connectivity index (χ4v) is 6.13. The fraction of sp³-hybridized carbons (Fsp3) is 0.333. The van der Waals surface area contributed by atoms with Crippen molar-refractivity contribution in [2.45, 2.75) is 29.8 Å². The number of halogens is 1. The number of sulfonamides is 1. The van der Waals surface area contributed by atoms with Gasteiger partial charge in [-0.3, -0.25) is 29.9 Å². The van der Waals surface area contributed by atoms with Crippen LogP contribution >= 0.6 is 12.4 Å². The summed E-state index contributed by atoms with van der Waals surface area (Å²) in [6.45, 7) is 0.238. The molecular weight excluding hydrogens is 566 g/mol. The molecule has 1 fully saturated rings. The van der Waals surface area contributed by atoms with Crippen LogP contribution in [0.15, 0.2) is 53.4 Å². The number of nitrogens with one attached hydrogen (secondary N) is 2. The molecule has 14 nitrogen and oxygen atoms in total. The average Bonchev–Trinajstić information content (AvgIpc) is 3.16. The van der Waals surface area contributed by atoms with Crippen molar-refractivity contribution < 1.29 is 27.7 Å². The van der Waals surface area contributed by atoms with E-state index in [0.29, 0.717) is 19.4 Å². The summed E-state index contributed by atoms with van der Waals surface area (Å²) in [6, 6.07) is 8.77. The van der Waals surface area contributed by atoms with Crippen LogP contribution in [0.25, 0.3) is 0 Å². The number of hydrogen-bond donors (Lipinski definition) is 3. The van der Waals surface area contributed by atoms with E-state index in [1.807, 2.05) is 0 Å². The monoisotopic (exact) mass is 593 g/mol. The third-order valence-electron chi connectivity index (χ3n) is 6.82. The SMILES string of the molecule is CN(C(=O)C(CN1C(=O)C(=O)c2ccccc21)NS(=O)(=O)c1ccccc1[N+](=O)[O-])[C@H]1CCCN(C(=N)N)C1.Cl. The molecule has 0 saturated carbocycles. The van der Waals surface area contributed by atoms with E-state index >= 15 is 0 Å². The Hall–Kier alpha value is -4.08. The first kappa shape index (κ1) is 30.5. The number of nitro groups is 1. The molecule has 2 aromatic carbocycles. The van der Waals surface area contributed by atoms with Gasteiger partial charge < -0.3 is 20.4 Å². The predicted octanol–water partition coefficient (Wildman–Crippen LogP) is 0.709. The molecule has 2 amide bonds. The summed E-state index contributed by atoms with van der Waals surface area (Å²) in [4.78, 5) is 53.1. The Morgan fingerprint density at radius 1 is 1.23 bits per heavy atom. The highest BCUT2D eigenvalue weighted by Crippen LogP contribution is 2.29. The maximum atomic E-state index is 13.8. The molecule has 2 aromatic rings. The number of nitrogens with two attached hydrogens (primary N) is 1. The molecule has 0 aliphatic carbocycles. The van der Waals surface area contributed by atoms with Crippen molar-refractivity contribution in [3.05, 3.63) is 64.2 Å². The van der Waals surface area contributed by atoms with Crippen molar-refractivity contribution in [2.75, 3.05) is 31.6 Å². The van der Waals surface area contributed by atoms with Crippen molar-refractivity contribution in [2.24, 2.45) is 5.73 Å². The van der Waals surface area contributed by atoms with Crippen molar-refractivity contribution in [3.63, 3.8) is 0 Å². The summed E-state index contributed by atoms with van der Waals surface area (Å²) in [5, 5.41) is 19.2. The number of amides is 2. The maximum absolute atomic E-state index is 13.8. The molecule has 0 radical (unpaired) electrons. The molecule has 2 heterocycles. The van der Waals surface area contributed by atoms with Crippen LogP contribution in [0.4, 0.5) is 11.4 Å². The zero-order valence-electron chi connectivity index (χ0n) is 21.3. The van der Waals surface area contributed by atoms with Gasteiger partial charge in [0.1, 0.15) is 6.04 Å². The molecule has 2 aliphatic rings. The molecule has 40 heavy (non-hydrogen) atoms. The lowest BCUT2D eigenvalue weighted by molar-refractivity contribution is -0.387. The van der Waals surface area contributed by atoms with E-state index in [4.69, 9.17) is 11.1 Å². The molecule has 2 aliphatic heterocycles. The lowest BCUT2D eigenvalue weighted by Crippen LogP contribution is -2.58. The Kier molecular flexibility index (Phi) is 9.12. The van der Waals surface area contributed by atoms with Crippen LogP contribution in [0.2, 0.25) is 0 Å². The van der Waals surface area contributed by atoms with Crippen LogP contribution in [0.5, 0.6) is 0 Å². The fourth-order valence-electron chi connectivity index (χ4n) is 4.78. The number of benzene rings is 2. The van der Waals surface area contributed by atoms with Gasteiger partial charge in [0.15, 0.2) is 10.9 Å². The Morgan fingerprint density at radius 3 is 2.55 bits per heavy atom. The molecule has 4 N–H and O–H groups in total. The standard InChI is InChI=1S/C24H27N7O7S.ClH/c1-28(15-7-6-12-29(13-15)24(25)26)22(33)17(14-30-18-9-3-2-8-16(18)21(32)23(30)34)27-39(37,38)20-11-5-4-10-19(20)31(35)36;/h2-5,8-11,15,17,27H,6-7,12-14H2,1H3,(H3,25,26);1H/t15-,17?;/m0./s1. The molecule has 0 aromatic heterocycles. The van der Waals surface area contributed by atoms with E-state index in [-0.39, 0.29) is 36.2 Å². The molecular formula is C24H28ClN7O7S. The number of rotatable bonds is 8. The minimum absolute atomic E-state index is 0. The number of Topliss-reactive ketones (excluding diaryl/α,β-unsaturated/α-hetero) is 1. The number of hydrogen-bond acceptors (Lipinski definition) is 8. The third kappa shape index (κ3) is 5.90. The van der Waals surface area contributed by atoms with Crippen LogP contribution in [0.3, 0.4) is 0 Å². The summed E-state index contributed by atoms with van der Waals surface area (Å²) in [7, 11) is -3.18. The number of fused-ring (bicyclic) bond motifs is 1. The molecule has 2 atom stereocenters. The lowest BCUT2D eigenvalue weighted by Gasteiger charge is -2.39. The number of guanidine groups is 1. The molecule has 1 unspecified atom stereocenters. The number of ketones is 1. The number of anilines is 1. The van der Waals surface area contributed by atoms with Gasteiger partial charge in [-0.25, -0.2) is 8.42 Å². The Balaban J connectivity index is 0.00000441. The van der Waals surface area contributed by atoms with Gasteiger partial charge in [-0.15, -0.1) is 12.4 Å². The highest BCUT2D eigenvalue weighted by Gasteiger charge is 2.41. The summed E-state index contributed by atoms with van der Waals surface area (Å²) >= 11 is 0. The van der Waals surface area contributed by atoms with E-state index in [9.17, 15) is 32.9 Å². The predicted molar refractivity (Wildman–Crippen MR) is 147 cm³/mol. The van der Waals surface area contributed by atoms with Crippen LogP contribution in [-0.2, 0) is 19.6 Å². The second-order valence-electron chi connectivity index (χ2n) is 9.24. The minimum atomic E-state index is -4.65. The van der Waals surface area contributed by atoms with Crippen LogP contribution < -0.4 is 15.4 Å². The van der Waals surface area contributed by atoms with Crippen molar-refractivity contribution in [3.8, 4) is 0 Å². The smallest absolute Gasteiger partial charge is 0.299 e. The zero-order chi connectivity index (χ0) is 28.5. The second-order valence-corrected chi connectivity index (χ2v) is 10.9. The van der Waals surface area contributed by atoms with Crippen molar-refractivity contribution >= 4 is 57.4 Å². The van der Waals surface area contributed by atoms with Gasteiger partial charge in [0, 0.05) is 32.2 Å². The number of nitro benzene ring substituents is 1. The summed E-state index contributed by atoms with van der Waals surface area (Å²) in [5.74, 6) is -2.61. The topological polar surface area (TPSA) is 200 Å². The Morgan fingerprint density at radius 2 is 1.88 bits per heavy atom. The van der Waals surface area contributed by atoms with Gasteiger partial charge in [-0.1, -0.05) is 24.3 Å². The van der Waals surface area contributed by atoms with E-state index in [2.05, 4.69) is 4.72 Å². The Bertz CT molecular complexity index is 1470. The third-order valence-corrected chi connectivity index (χ3v) is 8.34. The summed E-state index contributed by atoms with van der Waals surface area (Å²) in [6.07, 6.45) is 1.18. The quantitative estimate of drug-likeness (QED) is 0.130. The molecule has 214 valence electrons. The molecule has 16 heteroatoms. The minimum Gasteiger partial charge on any atom is -0.370 e. The maximum Gasteiger partial charge on any atom is 0.299 e. The van der Waals surface area contributed by atoms with Crippen molar-refractivity contribution in [1.82, 2.24) is 14.5 Å². The van der Waals surface area contributed by atoms with Gasteiger partial charge in [0.05, 0.1) is 22.7 Å². The number of likely N-dealkylation sites (tertiary alicyclic amines) is 1. The van der Waals surface area contributed by atoms with Crippen LogP contribution in [0, 0.1) is 15.5 Å². The van der Waals surface area contributed by atoms with E-state index in [1.54, 1.807) is 17.0 Å². The molecule has 1 saturated heterocycles. The summed E-state index contributed by atoms with van der Waals surface area (Å²) < 4.78 is 29.0. The number of likely N-dealkylation sites (N-methyl/N-ethyl adjacent to an activating group) is 1. The van der Waals surface area contributed by atoms with Crippen LogP contribution in [0.1, 0.15) is 23.2 Å². The molecule has 0 spiro atoms. The lowest BCUT2D eigenvalue weighted by atomic mass is 10.0. The van der Waals surface area contributed by atoms with E-state index < -0.39 is 61.8 Å². The largest absolute Gasteiger partial charge is 0.370 e. The molecule has 4 rings (SSSR count). The Labute approximate surface area is 236 Å².